The molecule has 5 heteroatoms. The van der Waals surface area contributed by atoms with Crippen molar-refractivity contribution in [2.45, 2.75) is 26.2 Å². The van der Waals surface area contributed by atoms with Crippen molar-refractivity contribution in [2.75, 3.05) is 11.9 Å². The van der Waals surface area contributed by atoms with Crippen LogP contribution in [-0.4, -0.2) is 26.1 Å². The highest BCUT2D eigenvalue weighted by molar-refractivity contribution is 5.61. The lowest BCUT2D eigenvalue weighted by atomic mass is 10.0. The molecule has 0 spiro atoms. The first-order valence-electron chi connectivity index (χ1n) is 5.71. The van der Waals surface area contributed by atoms with E-state index in [0.29, 0.717) is 5.41 Å². The molecule has 0 unspecified atom stereocenters. The van der Waals surface area contributed by atoms with Crippen LogP contribution in [0.15, 0.2) is 18.7 Å². The monoisotopic (exact) mass is 217 g/mol. The lowest BCUT2D eigenvalue weighted by Gasteiger charge is -2.13. The summed E-state index contributed by atoms with van der Waals surface area (Å²) in [5, 5.41) is 11.3. The third-order valence-electron chi connectivity index (χ3n) is 3.55. The van der Waals surface area contributed by atoms with Gasteiger partial charge in [0.15, 0.2) is 5.82 Å². The highest BCUT2D eigenvalue weighted by atomic mass is 15.2. The topological polar surface area (TPSA) is 55.1 Å². The van der Waals surface area contributed by atoms with E-state index in [1.165, 1.54) is 19.3 Å². The normalized spacial score (nSPS) is 17.6. The van der Waals surface area contributed by atoms with E-state index in [1.54, 1.807) is 12.5 Å². The van der Waals surface area contributed by atoms with Crippen molar-refractivity contribution in [3.8, 4) is 0 Å². The van der Waals surface area contributed by atoms with Gasteiger partial charge >= 0.3 is 0 Å². The molecule has 0 amide bonds. The van der Waals surface area contributed by atoms with E-state index in [1.807, 2.05) is 10.6 Å². The van der Waals surface area contributed by atoms with E-state index in [-0.39, 0.29) is 0 Å². The molecular formula is C11H15N5. The molecule has 2 aromatic heterocycles. The number of nitrogens with zero attached hydrogens (tertiary/aromatic N) is 4. The van der Waals surface area contributed by atoms with Crippen LogP contribution in [0.25, 0.3) is 5.65 Å². The molecule has 1 aliphatic carbocycles. The second kappa shape index (κ2) is 3.43. The minimum absolute atomic E-state index is 0.508. The molecule has 0 radical (unpaired) electrons. The van der Waals surface area contributed by atoms with Crippen LogP contribution in [-0.2, 0) is 0 Å². The van der Waals surface area contributed by atoms with Crippen LogP contribution in [0.3, 0.4) is 0 Å². The Labute approximate surface area is 93.9 Å². The number of rotatable bonds is 4. The Morgan fingerprint density at radius 3 is 3.12 bits per heavy atom. The molecule has 1 aliphatic rings. The lowest BCUT2D eigenvalue weighted by molar-refractivity contribution is 0.521. The Kier molecular flexibility index (Phi) is 2.05. The molecule has 2 heterocycles. The smallest absolute Gasteiger partial charge is 0.203 e. The zero-order valence-electron chi connectivity index (χ0n) is 9.35. The second-order valence-corrected chi connectivity index (χ2v) is 4.54. The van der Waals surface area contributed by atoms with E-state index in [4.69, 9.17) is 0 Å². The third-order valence-corrected chi connectivity index (χ3v) is 3.55. The van der Waals surface area contributed by atoms with Gasteiger partial charge in [-0.1, -0.05) is 6.92 Å². The third kappa shape index (κ3) is 1.52. The van der Waals surface area contributed by atoms with Gasteiger partial charge in [0.1, 0.15) is 6.33 Å². The molecule has 0 aliphatic heterocycles. The molecular weight excluding hydrogens is 202 g/mol. The van der Waals surface area contributed by atoms with Gasteiger partial charge in [-0.3, -0.25) is 4.40 Å². The molecule has 0 bridgehead atoms. The molecule has 2 aromatic rings. The van der Waals surface area contributed by atoms with E-state index < -0.39 is 0 Å². The summed E-state index contributed by atoms with van der Waals surface area (Å²) in [5.41, 5.74) is 1.31. The van der Waals surface area contributed by atoms with Crippen LogP contribution < -0.4 is 5.32 Å². The van der Waals surface area contributed by atoms with Crippen molar-refractivity contribution in [3.05, 3.63) is 18.7 Å². The summed E-state index contributed by atoms with van der Waals surface area (Å²) < 4.78 is 1.88. The van der Waals surface area contributed by atoms with Crippen LogP contribution in [0.5, 0.6) is 0 Å². The van der Waals surface area contributed by atoms with E-state index in [9.17, 15) is 0 Å². The minimum Gasteiger partial charge on any atom is -0.366 e. The van der Waals surface area contributed by atoms with Crippen molar-refractivity contribution < 1.29 is 0 Å². The summed E-state index contributed by atoms with van der Waals surface area (Å²) in [6, 6.07) is 0. The predicted molar refractivity (Wildman–Crippen MR) is 61.2 cm³/mol. The largest absolute Gasteiger partial charge is 0.366 e. The molecule has 1 saturated carbocycles. The first kappa shape index (κ1) is 9.57. The summed E-state index contributed by atoms with van der Waals surface area (Å²) in [7, 11) is 0. The fraction of sp³-hybridized carbons (Fsp3) is 0.545. The molecule has 84 valence electrons. The van der Waals surface area contributed by atoms with Gasteiger partial charge < -0.3 is 5.32 Å². The van der Waals surface area contributed by atoms with Crippen molar-refractivity contribution in [3.63, 3.8) is 0 Å². The maximum absolute atomic E-state index is 4.31. The van der Waals surface area contributed by atoms with Crippen molar-refractivity contribution in [2.24, 2.45) is 5.41 Å². The fourth-order valence-electron chi connectivity index (χ4n) is 1.99. The van der Waals surface area contributed by atoms with Crippen LogP contribution in [0.2, 0.25) is 0 Å². The maximum Gasteiger partial charge on any atom is 0.203 e. The second-order valence-electron chi connectivity index (χ2n) is 4.54. The van der Waals surface area contributed by atoms with Crippen LogP contribution in [0.1, 0.15) is 26.2 Å². The average molecular weight is 217 g/mol. The molecule has 1 fully saturated rings. The lowest BCUT2D eigenvalue weighted by Crippen LogP contribution is -2.15. The number of anilines is 1. The molecule has 0 saturated heterocycles. The van der Waals surface area contributed by atoms with Gasteiger partial charge in [-0.15, -0.1) is 10.2 Å². The predicted octanol–water partition coefficient (Wildman–Crippen LogP) is 1.73. The first-order chi connectivity index (χ1) is 7.83. The van der Waals surface area contributed by atoms with Crippen LogP contribution >= 0.6 is 0 Å². The Bertz CT molecular complexity index is 500. The highest BCUT2D eigenvalue weighted by Gasteiger charge is 2.40. The van der Waals surface area contributed by atoms with Crippen molar-refractivity contribution in [1.82, 2.24) is 19.6 Å². The minimum atomic E-state index is 0.508. The van der Waals surface area contributed by atoms with E-state index in [0.717, 1.165) is 18.0 Å². The number of aromatic nitrogens is 4. The van der Waals surface area contributed by atoms with Gasteiger partial charge in [-0.05, 0) is 24.7 Å². The summed E-state index contributed by atoms with van der Waals surface area (Å²) in [6.45, 7) is 3.24. The molecule has 0 atom stereocenters. The number of hydrogen-bond acceptors (Lipinski definition) is 4. The van der Waals surface area contributed by atoms with Gasteiger partial charge in [-0.25, -0.2) is 4.98 Å². The van der Waals surface area contributed by atoms with Crippen molar-refractivity contribution in [1.29, 1.82) is 0 Å². The van der Waals surface area contributed by atoms with Gasteiger partial charge in [0, 0.05) is 18.9 Å². The van der Waals surface area contributed by atoms with E-state index in [2.05, 4.69) is 27.4 Å². The molecule has 3 rings (SSSR count). The molecule has 1 N–H and O–H groups in total. The van der Waals surface area contributed by atoms with Crippen LogP contribution in [0.4, 0.5) is 5.82 Å². The zero-order valence-corrected chi connectivity index (χ0v) is 9.35. The Hall–Kier alpha value is -1.65. The molecule has 0 aromatic carbocycles. The summed E-state index contributed by atoms with van der Waals surface area (Å²) in [5.74, 6) is 0.833. The Morgan fingerprint density at radius 1 is 1.50 bits per heavy atom. The Balaban J connectivity index is 1.81. The van der Waals surface area contributed by atoms with Gasteiger partial charge in [-0.2, -0.15) is 0 Å². The average Bonchev–Trinajstić information content (AvgIpc) is 2.94. The van der Waals surface area contributed by atoms with E-state index >= 15 is 0 Å². The SMILES string of the molecule is CCC1(CNc2nccn3cnnc23)CC1. The molecule has 5 nitrogen and oxygen atoms in total. The number of hydrogen-bond donors (Lipinski definition) is 1. The van der Waals surface area contributed by atoms with Gasteiger partial charge in [0.2, 0.25) is 5.65 Å². The zero-order chi connectivity index (χ0) is 11.0. The highest BCUT2D eigenvalue weighted by Crippen LogP contribution is 2.48. The maximum atomic E-state index is 4.31. The van der Waals surface area contributed by atoms with Gasteiger partial charge in [0.25, 0.3) is 0 Å². The van der Waals surface area contributed by atoms with Crippen molar-refractivity contribution >= 4 is 11.5 Å². The Morgan fingerprint density at radius 2 is 2.38 bits per heavy atom. The molecule has 16 heavy (non-hydrogen) atoms. The standard InChI is InChI=1S/C11H15N5/c1-2-11(3-4-11)7-13-9-10-15-14-8-16(10)6-5-12-9/h5-6,8H,2-4,7H2,1H3,(H,12,13). The summed E-state index contributed by atoms with van der Waals surface area (Å²) >= 11 is 0. The first-order valence-corrected chi connectivity index (χ1v) is 5.71. The quantitative estimate of drug-likeness (QED) is 0.847. The number of nitrogens with one attached hydrogen (secondary N) is 1. The summed E-state index contributed by atoms with van der Waals surface area (Å²) in [6.07, 6.45) is 9.20. The fourth-order valence-corrected chi connectivity index (χ4v) is 1.99. The number of fused-ring (bicyclic) bond motifs is 1. The van der Waals surface area contributed by atoms with Crippen LogP contribution in [0, 0.1) is 5.41 Å². The van der Waals surface area contributed by atoms with Gasteiger partial charge in [0.05, 0.1) is 0 Å². The summed E-state index contributed by atoms with van der Waals surface area (Å²) in [4.78, 5) is 4.31.